The van der Waals surface area contributed by atoms with Crippen molar-refractivity contribution in [3.63, 3.8) is 0 Å². The van der Waals surface area contributed by atoms with E-state index in [-0.39, 0.29) is 11.9 Å². The van der Waals surface area contributed by atoms with Crippen LogP contribution in [0.5, 0.6) is 0 Å². The van der Waals surface area contributed by atoms with Gasteiger partial charge in [0.25, 0.3) is 0 Å². The number of rotatable bonds is 9. The van der Waals surface area contributed by atoms with Gasteiger partial charge in [-0.2, -0.15) is 4.98 Å². The van der Waals surface area contributed by atoms with E-state index in [4.69, 9.17) is 10.3 Å². The van der Waals surface area contributed by atoms with E-state index in [0.717, 1.165) is 64.0 Å². The summed E-state index contributed by atoms with van der Waals surface area (Å²) in [6.45, 7) is 5.97. The summed E-state index contributed by atoms with van der Waals surface area (Å²) in [5.41, 5.74) is 6.45. The van der Waals surface area contributed by atoms with E-state index in [2.05, 4.69) is 22.0 Å². The SMILES string of the molecule is CC(c1nc(-c2ccccc2)no1)N1CCN(C(=O)CCCCCCN)CC1. The van der Waals surface area contributed by atoms with E-state index in [9.17, 15) is 4.79 Å². The topological polar surface area (TPSA) is 88.5 Å². The summed E-state index contributed by atoms with van der Waals surface area (Å²) >= 11 is 0. The molecule has 152 valence electrons. The van der Waals surface area contributed by atoms with Crippen LogP contribution in [-0.2, 0) is 4.79 Å². The van der Waals surface area contributed by atoms with Crippen molar-refractivity contribution >= 4 is 5.91 Å². The van der Waals surface area contributed by atoms with E-state index < -0.39 is 0 Å². The zero-order valence-electron chi connectivity index (χ0n) is 16.7. The molecule has 1 atom stereocenters. The highest BCUT2D eigenvalue weighted by Gasteiger charge is 2.27. The number of benzene rings is 1. The summed E-state index contributed by atoms with van der Waals surface area (Å²) in [4.78, 5) is 21.2. The van der Waals surface area contributed by atoms with Crippen LogP contribution in [0.1, 0.15) is 51.0 Å². The van der Waals surface area contributed by atoms with Gasteiger partial charge in [-0.25, -0.2) is 0 Å². The Labute approximate surface area is 166 Å². The molecule has 1 amide bonds. The van der Waals surface area contributed by atoms with Crippen LogP contribution in [0.2, 0.25) is 0 Å². The maximum Gasteiger partial charge on any atom is 0.244 e. The molecule has 0 bridgehead atoms. The average Bonchev–Trinajstić information content (AvgIpc) is 3.24. The van der Waals surface area contributed by atoms with Crippen molar-refractivity contribution in [1.82, 2.24) is 19.9 Å². The van der Waals surface area contributed by atoms with E-state index in [1.807, 2.05) is 35.2 Å². The number of amides is 1. The number of piperazine rings is 1. The Bertz CT molecular complexity index is 725. The van der Waals surface area contributed by atoms with Gasteiger partial charge in [-0.05, 0) is 26.3 Å². The minimum Gasteiger partial charge on any atom is -0.340 e. The average molecular weight is 386 g/mol. The molecule has 0 aliphatic carbocycles. The second kappa shape index (κ2) is 10.3. The third-order valence-electron chi connectivity index (χ3n) is 5.39. The lowest BCUT2D eigenvalue weighted by Crippen LogP contribution is -2.49. The highest BCUT2D eigenvalue weighted by Crippen LogP contribution is 2.23. The minimum absolute atomic E-state index is 0.0403. The van der Waals surface area contributed by atoms with Gasteiger partial charge in [0.2, 0.25) is 17.6 Å². The molecule has 1 aromatic carbocycles. The van der Waals surface area contributed by atoms with Crippen molar-refractivity contribution in [3.8, 4) is 11.4 Å². The molecule has 3 rings (SSSR count). The molecule has 1 saturated heterocycles. The lowest BCUT2D eigenvalue weighted by atomic mass is 10.1. The minimum atomic E-state index is 0.0403. The number of nitrogens with two attached hydrogens (primary N) is 1. The molecule has 1 aromatic heterocycles. The van der Waals surface area contributed by atoms with Gasteiger partial charge in [-0.3, -0.25) is 9.69 Å². The highest BCUT2D eigenvalue weighted by molar-refractivity contribution is 5.76. The summed E-state index contributed by atoms with van der Waals surface area (Å²) in [5.74, 6) is 1.51. The molecule has 1 unspecified atom stereocenters. The van der Waals surface area contributed by atoms with Crippen molar-refractivity contribution in [3.05, 3.63) is 36.2 Å². The highest BCUT2D eigenvalue weighted by atomic mass is 16.5. The fourth-order valence-corrected chi connectivity index (χ4v) is 3.56. The third kappa shape index (κ3) is 5.39. The molecule has 1 fully saturated rings. The largest absolute Gasteiger partial charge is 0.340 e. The van der Waals surface area contributed by atoms with Crippen molar-refractivity contribution in [1.29, 1.82) is 0 Å². The van der Waals surface area contributed by atoms with Crippen molar-refractivity contribution in [2.45, 2.75) is 45.1 Å². The number of carbonyl (C=O) groups is 1. The summed E-state index contributed by atoms with van der Waals surface area (Å²) in [7, 11) is 0. The maximum atomic E-state index is 12.4. The number of nitrogens with zero attached hydrogens (tertiary/aromatic N) is 4. The van der Waals surface area contributed by atoms with Crippen molar-refractivity contribution in [2.75, 3.05) is 32.7 Å². The Morgan fingerprint density at radius 3 is 2.54 bits per heavy atom. The second-order valence-corrected chi connectivity index (χ2v) is 7.37. The Balaban J connectivity index is 1.46. The van der Waals surface area contributed by atoms with Gasteiger partial charge in [0.15, 0.2) is 0 Å². The van der Waals surface area contributed by atoms with Gasteiger partial charge in [-0.15, -0.1) is 0 Å². The number of aromatic nitrogens is 2. The smallest absolute Gasteiger partial charge is 0.244 e. The van der Waals surface area contributed by atoms with Crippen molar-refractivity contribution in [2.24, 2.45) is 5.73 Å². The molecule has 7 nitrogen and oxygen atoms in total. The van der Waals surface area contributed by atoms with Crippen LogP contribution >= 0.6 is 0 Å². The molecular formula is C21H31N5O2. The Kier molecular flexibility index (Phi) is 7.56. The number of hydrogen-bond acceptors (Lipinski definition) is 6. The zero-order chi connectivity index (χ0) is 19.8. The number of unbranched alkanes of at least 4 members (excludes halogenated alkanes) is 3. The molecule has 2 aromatic rings. The first-order chi connectivity index (χ1) is 13.7. The fraction of sp³-hybridized carbons (Fsp3) is 0.571. The van der Waals surface area contributed by atoms with Crippen LogP contribution in [-0.4, -0.2) is 58.6 Å². The van der Waals surface area contributed by atoms with Gasteiger partial charge in [0, 0.05) is 38.2 Å². The normalized spacial score (nSPS) is 16.3. The van der Waals surface area contributed by atoms with E-state index in [1.54, 1.807) is 0 Å². The Hall–Kier alpha value is -2.25. The molecule has 28 heavy (non-hydrogen) atoms. The van der Waals surface area contributed by atoms with Gasteiger partial charge in [-0.1, -0.05) is 48.3 Å². The van der Waals surface area contributed by atoms with Crippen LogP contribution in [0.4, 0.5) is 0 Å². The summed E-state index contributed by atoms with van der Waals surface area (Å²) < 4.78 is 5.50. The lowest BCUT2D eigenvalue weighted by Gasteiger charge is -2.36. The van der Waals surface area contributed by atoms with Crippen LogP contribution in [0.3, 0.4) is 0 Å². The zero-order valence-corrected chi connectivity index (χ0v) is 16.7. The van der Waals surface area contributed by atoms with E-state index in [1.165, 1.54) is 0 Å². The molecule has 0 radical (unpaired) electrons. The quantitative estimate of drug-likeness (QED) is 0.668. The maximum absolute atomic E-state index is 12.4. The first-order valence-electron chi connectivity index (χ1n) is 10.3. The first-order valence-corrected chi connectivity index (χ1v) is 10.3. The van der Waals surface area contributed by atoms with Crippen molar-refractivity contribution < 1.29 is 9.32 Å². The van der Waals surface area contributed by atoms with Gasteiger partial charge in [0.1, 0.15) is 0 Å². The Morgan fingerprint density at radius 1 is 1.11 bits per heavy atom. The molecule has 0 spiro atoms. The third-order valence-corrected chi connectivity index (χ3v) is 5.39. The van der Waals surface area contributed by atoms with Crippen LogP contribution in [0, 0.1) is 0 Å². The second-order valence-electron chi connectivity index (χ2n) is 7.37. The molecule has 2 heterocycles. The van der Waals surface area contributed by atoms with E-state index in [0.29, 0.717) is 18.1 Å². The monoisotopic (exact) mass is 385 g/mol. The van der Waals surface area contributed by atoms with Crippen LogP contribution < -0.4 is 5.73 Å². The summed E-state index contributed by atoms with van der Waals surface area (Å²) in [6, 6.07) is 9.87. The lowest BCUT2D eigenvalue weighted by molar-refractivity contribution is -0.133. The molecular weight excluding hydrogens is 354 g/mol. The fourth-order valence-electron chi connectivity index (χ4n) is 3.56. The molecule has 1 aliphatic heterocycles. The summed E-state index contributed by atoms with van der Waals surface area (Å²) in [5, 5.41) is 4.12. The molecule has 7 heteroatoms. The van der Waals surface area contributed by atoms with Gasteiger partial charge in [0.05, 0.1) is 6.04 Å². The standard InChI is InChI=1S/C21H31N5O2/c1-17(21-23-20(24-28-21)18-9-5-4-6-10-18)25-13-15-26(16-14-25)19(27)11-7-2-3-8-12-22/h4-6,9-10,17H,2-3,7-8,11-16,22H2,1H3. The predicted molar refractivity (Wildman–Crippen MR) is 108 cm³/mol. The van der Waals surface area contributed by atoms with Gasteiger partial charge >= 0.3 is 0 Å². The van der Waals surface area contributed by atoms with Crippen LogP contribution in [0.15, 0.2) is 34.9 Å². The molecule has 1 aliphatic rings. The first kappa shape index (κ1) is 20.5. The number of carbonyl (C=O) groups excluding carboxylic acids is 1. The predicted octanol–water partition coefficient (Wildman–Crippen LogP) is 2.85. The Morgan fingerprint density at radius 2 is 1.82 bits per heavy atom. The molecule has 2 N–H and O–H groups in total. The number of hydrogen-bond donors (Lipinski definition) is 1. The van der Waals surface area contributed by atoms with Gasteiger partial charge < -0.3 is 15.2 Å². The summed E-state index contributed by atoms with van der Waals surface area (Å²) in [6.07, 6.45) is 4.85. The van der Waals surface area contributed by atoms with E-state index >= 15 is 0 Å². The molecule has 0 saturated carbocycles. The van der Waals surface area contributed by atoms with Crippen LogP contribution in [0.25, 0.3) is 11.4 Å².